The minimum absolute atomic E-state index is 0.0170. The molecular formula is C38H55NO17. The number of rotatable bonds is 10. The Morgan fingerprint density at radius 2 is 1.36 bits per heavy atom. The largest absolute Gasteiger partial charge is 0.465 e. The number of carbonyl (C=O) groups excluding carboxylic acids is 6. The van der Waals surface area contributed by atoms with Crippen LogP contribution in [0.15, 0.2) is 5.16 Å². The summed E-state index contributed by atoms with van der Waals surface area (Å²) in [6.45, 7) is 9.92. The van der Waals surface area contributed by atoms with Crippen molar-refractivity contribution in [3.8, 4) is 0 Å². The van der Waals surface area contributed by atoms with Gasteiger partial charge in [-0.3, -0.25) is 28.8 Å². The van der Waals surface area contributed by atoms with E-state index in [1.165, 1.54) is 27.0 Å². The predicted molar refractivity (Wildman–Crippen MR) is 187 cm³/mol. The van der Waals surface area contributed by atoms with Gasteiger partial charge in [-0.2, -0.15) is 0 Å². The van der Waals surface area contributed by atoms with Crippen LogP contribution in [0, 0.1) is 28.6 Å². The number of oxime groups is 1. The molecule has 1 saturated heterocycles. The molecular weight excluding hydrogens is 742 g/mol. The minimum atomic E-state index is -1.88. The number of hydrogen-bond donors (Lipinski definition) is 3. The van der Waals surface area contributed by atoms with Crippen LogP contribution in [-0.4, -0.2) is 124 Å². The molecule has 0 amide bonds. The van der Waals surface area contributed by atoms with Gasteiger partial charge < -0.3 is 53.3 Å². The van der Waals surface area contributed by atoms with Crippen LogP contribution >= 0.6 is 0 Å². The van der Waals surface area contributed by atoms with E-state index >= 15 is 0 Å². The van der Waals surface area contributed by atoms with E-state index in [4.69, 9.17) is 37.9 Å². The molecule has 0 aromatic rings. The van der Waals surface area contributed by atoms with Gasteiger partial charge in [-0.15, -0.1) is 5.16 Å². The van der Waals surface area contributed by atoms with E-state index in [0.29, 0.717) is 6.42 Å². The third kappa shape index (κ3) is 7.73. The minimum Gasteiger partial charge on any atom is -0.465 e. The molecule has 3 N–H and O–H groups in total. The first kappa shape index (κ1) is 43.3. The van der Waals surface area contributed by atoms with Gasteiger partial charge in [0.15, 0.2) is 24.6 Å². The lowest BCUT2D eigenvalue weighted by atomic mass is 9.40. The van der Waals surface area contributed by atoms with Gasteiger partial charge in [-0.1, -0.05) is 6.92 Å². The fourth-order valence-corrected chi connectivity index (χ4v) is 11.0. The Morgan fingerprint density at radius 3 is 1.93 bits per heavy atom. The van der Waals surface area contributed by atoms with Crippen LogP contribution in [0.25, 0.3) is 0 Å². The fourth-order valence-electron chi connectivity index (χ4n) is 11.0. The molecule has 0 bridgehead atoms. The van der Waals surface area contributed by atoms with Gasteiger partial charge in [-0.05, 0) is 44.9 Å². The number of ether oxygens (including phenoxy) is 8. The zero-order valence-electron chi connectivity index (χ0n) is 33.1. The average molecular weight is 798 g/mol. The van der Waals surface area contributed by atoms with E-state index in [9.17, 15) is 44.2 Å². The van der Waals surface area contributed by atoms with Gasteiger partial charge in [0.05, 0.1) is 28.8 Å². The first-order chi connectivity index (χ1) is 26.1. The van der Waals surface area contributed by atoms with E-state index in [-0.39, 0.29) is 38.5 Å². The zero-order valence-corrected chi connectivity index (χ0v) is 33.1. The van der Waals surface area contributed by atoms with Crippen LogP contribution in [0.1, 0.15) is 100 Å². The van der Waals surface area contributed by atoms with Gasteiger partial charge >= 0.3 is 35.8 Å². The lowest BCUT2D eigenvalue weighted by Gasteiger charge is -2.68. The standard InChI is InChI=1S/C38H55NO17/c1-18-31(53-22(5)43)32(54-23(6)44)33(55-24(7)45)34(50-18)56-26-13-29(52-21(4)42)37(17-49-19(2)40)30-27(10-11-36(37,46)14-26)38(47)12-9-25(16-39-48)35(38,8)15-28(30)51-20(3)41/h16,18,25-34,46-48H,9-15,17H2,1-8H3/b39-16+/t18-,25+,26-,27+,28+,29+,30+,31-,32+,33+,34-,35+,36-,37+,38-/m0/s1. The predicted octanol–water partition coefficient (Wildman–Crippen LogP) is 1.89. The first-order valence-corrected chi connectivity index (χ1v) is 19.0. The van der Waals surface area contributed by atoms with Gasteiger partial charge in [0, 0.05) is 77.8 Å². The Bertz CT molecular complexity index is 1590. The molecule has 0 spiro atoms. The van der Waals surface area contributed by atoms with Gasteiger partial charge in [-0.25, -0.2) is 0 Å². The van der Waals surface area contributed by atoms with Crippen LogP contribution in [0.5, 0.6) is 0 Å². The summed E-state index contributed by atoms with van der Waals surface area (Å²) in [5, 5.41) is 38.7. The van der Waals surface area contributed by atoms with Crippen molar-refractivity contribution in [1.29, 1.82) is 0 Å². The molecule has 0 aromatic carbocycles. The molecule has 314 valence electrons. The monoisotopic (exact) mass is 797 g/mol. The summed E-state index contributed by atoms with van der Waals surface area (Å²) in [5.41, 5.74) is -5.94. The molecule has 15 atom stereocenters. The molecule has 0 aromatic heterocycles. The summed E-state index contributed by atoms with van der Waals surface area (Å²) < 4.78 is 47.0. The molecule has 4 saturated carbocycles. The summed E-state index contributed by atoms with van der Waals surface area (Å²) in [4.78, 5) is 75.1. The SMILES string of the molecule is CC(=O)OC[C@@]12[C@@H]3[C@@H](CC[C@]1(O)C[C@@H](O[C@@H]1O[C@@H](C)[C@H](OC(C)=O)[C@@H](OC(C)=O)[C@H]1OC(C)=O)C[C@H]2OC(C)=O)[C@@]1(O)CC[C@H](/C=N/O)[C@@]1(C)C[C@H]3OC(C)=O. The third-order valence-electron chi connectivity index (χ3n) is 13.0. The second kappa shape index (κ2) is 16.2. The quantitative estimate of drug-likeness (QED) is 0.0713. The van der Waals surface area contributed by atoms with Crippen LogP contribution < -0.4 is 0 Å². The normalized spacial score (nSPS) is 42.9. The molecule has 5 aliphatic rings. The Hall–Kier alpha value is -3.87. The maximum atomic E-state index is 13.1. The molecule has 1 heterocycles. The van der Waals surface area contributed by atoms with Gasteiger partial charge in [0.1, 0.15) is 18.8 Å². The molecule has 4 aliphatic carbocycles. The molecule has 18 nitrogen and oxygen atoms in total. The first-order valence-electron chi connectivity index (χ1n) is 19.0. The number of nitrogens with zero attached hydrogens (tertiary/aromatic N) is 1. The van der Waals surface area contributed by atoms with Gasteiger partial charge in [0.2, 0.25) is 0 Å². The Balaban J connectivity index is 1.61. The van der Waals surface area contributed by atoms with E-state index < -0.39 is 131 Å². The van der Waals surface area contributed by atoms with E-state index in [2.05, 4.69) is 5.16 Å². The number of hydrogen-bond acceptors (Lipinski definition) is 18. The number of aliphatic hydroxyl groups is 2. The smallest absolute Gasteiger partial charge is 0.303 e. The average Bonchev–Trinajstić information content (AvgIpc) is 3.32. The lowest BCUT2D eigenvalue weighted by molar-refractivity contribution is -0.344. The number of carbonyl (C=O) groups is 6. The van der Waals surface area contributed by atoms with Crippen molar-refractivity contribution in [3.05, 3.63) is 0 Å². The zero-order chi connectivity index (χ0) is 41.5. The van der Waals surface area contributed by atoms with E-state index in [1.807, 2.05) is 6.92 Å². The number of fused-ring (bicyclic) bond motifs is 5. The molecule has 5 fully saturated rings. The van der Waals surface area contributed by atoms with Crippen molar-refractivity contribution >= 4 is 42.0 Å². The molecule has 18 heteroatoms. The summed E-state index contributed by atoms with van der Waals surface area (Å²) in [6, 6.07) is 0. The van der Waals surface area contributed by atoms with Crippen molar-refractivity contribution < 1.29 is 82.1 Å². The van der Waals surface area contributed by atoms with E-state index in [0.717, 1.165) is 20.8 Å². The van der Waals surface area contributed by atoms with Gasteiger partial charge in [0.25, 0.3) is 0 Å². The summed E-state index contributed by atoms with van der Waals surface area (Å²) in [7, 11) is 0. The second-order valence-corrected chi connectivity index (χ2v) is 16.4. The van der Waals surface area contributed by atoms with Crippen LogP contribution in [-0.2, 0) is 66.7 Å². The second-order valence-electron chi connectivity index (χ2n) is 16.4. The van der Waals surface area contributed by atoms with Crippen LogP contribution in [0.4, 0.5) is 0 Å². The molecule has 1 aliphatic heterocycles. The highest BCUT2D eigenvalue weighted by Crippen LogP contribution is 2.70. The summed E-state index contributed by atoms with van der Waals surface area (Å²) >= 11 is 0. The molecule has 0 radical (unpaired) electrons. The van der Waals surface area contributed by atoms with E-state index in [1.54, 1.807) is 6.92 Å². The summed E-state index contributed by atoms with van der Waals surface area (Å²) in [6.07, 6.45) is -7.72. The molecule has 0 unspecified atom stereocenters. The highest BCUT2D eigenvalue weighted by molar-refractivity contribution is 5.69. The van der Waals surface area contributed by atoms with Crippen LogP contribution in [0.2, 0.25) is 0 Å². The third-order valence-corrected chi connectivity index (χ3v) is 13.0. The Morgan fingerprint density at radius 1 is 0.768 bits per heavy atom. The van der Waals surface area contributed by atoms with Crippen molar-refractivity contribution in [2.45, 2.75) is 161 Å². The fraction of sp³-hybridized carbons (Fsp3) is 0.816. The molecule has 56 heavy (non-hydrogen) atoms. The summed E-state index contributed by atoms with van der Waals surface area (Å²) in [5.74, 6) is -6.37. The maximum Gasteiger partial charge on any atom is 0.303 e. The van der Waals surface area contributed by atoms with Crippen molar-refractivity contribution in [1.82, 2.24) is 0 Å². The molecule has 5 rings (SSSR count). The highest BCUT2D eigenvalue weighted by Gasteiger charge is 2.77. The lowest BCUT2D eigenvalue weighted by Crippen LogP contribution is -2.76. The van der Waals surface area contributed by atoms with Crippen LogP contribution in [0.3, 0.4) is 0 Å². The number of esters is 6. The Kier molecular flexibility index (Phi) is 12.5. The van der Waals surface area contributed by atoms with Crippen molar-refractivity contribution in [2.75, 3.05) is 6.61 Å². The van der Waals surface area contributed by atoms with Crippen molar-refractivity contribution in [2.24, 2.45) is 33.7 Å². The highest BCUT2D eigenvalue weighted by atomic mass is 16.7. The topological polar surface area (TPSA) is 249 Å². The Labute approximate surface area is 324 Å². The maximum absolute atomic E-state index is 13.1. The van der Waals surface area contributed by atoms with Crippen molar-refractivity contribution in [3.63, 3.8) is 0 Å².